The molecular formula is C22H26N2O3S. The van der Waals surface area contributed by atoms with E-state index in [1.54, 1.807) is 18.2 Å². The summed E-state index contributed by atoms with van der Waals surface area (Å²) in [4.78, 5) is 15.1. The van der Waals surface area contributed by atoms with E-state index in [1.807, 2.05) is 29.2 Å². The summed E-state index contributed by atoms with van der Waals surface area (Å²) >= 11 is 0. The van der Waals surface area contributed by atoms with Crippen molar-refractivity contribution >= 4 is 21.6 Å². The fraction of sp³-hybridized carbons (Fsp3) is 0.409. The van der Waals surface area contributed by atoms with Crippen LogP contribution in [0.5, 0.6) is 0 Å². The van der Waals surface area contributed by atoms with Gasteiger partial charge in [-0.1, -0.05) is 31.2 Å². The number of nitrogens with zero attached hydrogens (tertiary/aromatic N) is 2. The van der Waals surface area contributed by atoms with E-state index in [1.165, 1.54) is 23.2 Å². The highest BCUT2D eigenvalue weighted by molar-refractivity contribution is 7.92. The summed E-state index contributed by atoms with van der Waals surface area (Å²) in [6, 6.07) is 14.1. The van der Waals surface area contributed by atoms with Crippen LogP contribution in [0.2, 0.25) is 0 Å². The molecule has 1 saturated carbocycles. The molecule has 1 fully saturated rings. The number of para-hydroxylation sites is 1. The Labute approximate surface area is 167 Å². The monoisotopic (exact) mass is 398 g/mol. The number of rotatable bonds is 7. The number of carbonyl (C=O) groups excluding carboxylic acids is 1. The van der Waals surface area contributed by atoms with E-state index >= 15 is 0 Å². The minimum atomic E-state index is -3.69. The second-order valence-electron chi connectivity index (χ2n) is 7.68. The second kappa shape index (κ2) is 7.59. The Morgan fingerprint density at radius 3 is 2.68 bits per heavy atom. The Morgan fingerprint density at radius 1 is 1.14 bits per heavy atom. The summed E-state index contributed by atoms with van der Waals surface area (Å²) in [5.41, 5.74) is 2.22. The van der Waals surface area contributed by atoms with E-state index < -0.39 is 10.0 Å². The molecule has 2 aliphatic rings. The SMILES string of the molecule is CCCN(CC1CC1)C(=O)c1cccc(S(=O)(=O)N2CCc3ccccc32)c1. The average Bonchev–Trinajstić information content (AvgIpc) is 3.42. The zero-order valence-electron chi connectivity index (χ0n) is 16.2. The normalized spacial score (nSPS) is 16.1. The van der Waals surface area contributed by atoms with E-state index in [9.17, 15) is 13.2 Å². The van der Waals surface area contributed by atoms with E-state index in [0.29, 0.717) is 31.0 Å². The van der Waals surface area contributed by atoms with Gasteiger partial charge in [0, 0.05) is 25.2 Å². The lowest BCUT2D eigenvalue weighted by Gasteiger charge is -2.23. The number of sulfonamides is 1. The van der Waals surface area contributed by atoms with E-state index in [2.05, 4.69) is 6.92 Å². The van der Waals surface area contributed by atoms with Crippen LogP contribution in [0, 0.1) is 5.92 Å². The quantitative estimate of drug-likeness (QED) is 0.715. The molecule has 0 saturated heterocycles. The fourth-order valence-electron chi connectivity index (χ4n) is 3.81. The summed E-state index contributed by atoms with van der Waals surface area (Å²) < 4.78 is 28.0. The Morgan fingerprint density at radius 2 is 1.93 bits per heavy atom. The van der Waals surface area contributed by atoms with Gasteiger partial charge in [0.2, 0.25) is 0 Å². The molecule has 2 aromatic rings. The zero-order chi connectivity index (χ0) is 19.7. The van der Waals surface area contributed by atoms with E-state index in [4.69, 9.17) is 0 Å². The molecule has 1 heterocycles. The molecule has 28 heavy (non-hydrogen) atoms. The first-order valence-corrected chi connectivity index (χ1v) is 11.4. The molecule has 0 atom stereocenters. The smallest absolute Gasteiger partial charge is 0.264 e. The molecule has 0 spiro atoms. The molecule has 4 rings (SSSR count). The summed E-state index contributed by atoms with van der Waals surface area (Å²) in [7, 11) is -3.69. The van der Waals surface area contributed by atoms with Gasteiger partial charge in [-0.2, -0.15) is 0 Å². The third-order valence-corrected chi connectivity index (χ3v) is 7.28. The molecule has 0 unspecified atom stereocenters. The number of anilines is 1. The van der Waals surface area contributed by atoms with Gasteiger partial charge in [0.1, 0.15) is 0 Å². The lowest BCUT2D eigenvalue weighted by molar-refractivity contribution is 0.0747. The van der Waals surface area contributed by atoms with Crippen LogP contribution < -0.4 is 4.31 Å². The average molecular weight is 399 g/mol. The molecule has 6 heteroatoms. The first-order chi connectivity index (χ1) is 13.5. The molecule has 5 nitrogen and oxygen atoms in total. The number of hydrogen-bond acceptors (Lipinski definition) is 3. The van der Waals surface area contributed by atoms with Crippen molar-refractivity contribution in [3.63, 3.8) is 0 Å². The Kier molecular flexibility index (Phi) is 5.15. The summed E-state index contributed by atoms with van der Waals surface area (Å²) in [5.74, 6) is 0.524. The molecule has 1 aliphatic carbocycles. The molecule has 2 aromatic carbocycles. The molecule has 0 bridgehead atoms. The van der Waals surface area contributed by atoms with Gasteiger partial charge in [0.25, 0.3) is 15.9 Å². The van der Waals surface area contributed by atoms with Crippen molar-refractivity contribution in [3.8, 4) is 0 Å². The van der Waals surface area contributed by atoms with Crippen molar-refractivity contribution < 1.29 is 13.2 Å². The third-order valence-electron chi connectivity index (χ3n) is 5.47. The molecule has 1 amide bonds. The molecule has 148 valence electrons. The van der Waals surface area contributed by atoms with Gasteiger partial charge in [0.05, 0.1) is 10.6 Å². The van der Waals surface area contributed by atoms with Gasteiger partial charge in [-0.15, -0.1) is 0 Å². The van der Waals surface area contributed by atoms with Crippen LogP contribution in [-0.4, -0.2) is 38.9 Å². The highest BCUT2D eigenvalue weighted by Crippen LogP contribution is 2.33. The summed E-state index contributed by atoms with van der Waals surface area (Å²) in [6.45, 7) is 3.96. The van der Waals surface area contributed by atoms with E-state index in [-0.39, 0.29) is 10.8 Å². The summed E-state index contributed by atoms with van der Waals surface area (Å²) in [5, 5.41) is 0. The number of carbonyl (C=O) groups is 1. The number of amides is 1. The van der Waals surface area contributed by atoms with Gasteiger partial charge in [0.15, 0.2) is 0 Å². The maximum Gasteiger partial charge on any atom is 0.264 e. The van der Waals surface area contributed by atoms with Crippen molar-refractivity contribution in [1.29, 1.82) is 0 Å². The highest BCUT2D eigenvalue weighted by atomic mass is 32.2. The van der Waals surface area contributed by atoms with Gasteiger partial charge >= 0.3 is 0 Å². The van der Waals surface area contributed by atoms with Crippen LogP contribution in [0.4, 0.5) is 5.69 Å². The maximum absolute atomic E-state index is 13.3. The molecule has 0 aromatic heterocycles. The first-order valence-electron chi connectivity index (χ1n) is 10.0. The molecule has 0 N–H and O–H groups in total. The molecule has 1 aliphatic heterocycles. The molecular weight excluding hydrogens is 372 g/mol. The highest BCUT2D eigenvalue weighted by Gasteiger charge is 2.32. The number of hydrogen-bond donors (Lipinski definition) is 0. The van der Waals surface area contributed by atoms with Crippen LogP contribution in [-0.2, 0) is 16.4 Å². The van der Waals surface area contributed by atoms with Gasteiger partial charge < -0.3 is 4.90 Å². The van der Waals surface area contributed by atoms with Gasteiger partial charge in [-0.3, -0.25) is 9.10 Å². The van der Waals surface area contributed by atoms with Crippen LogP contribution in [0.3, 0.4) is 0 Å². The summed E-state index contributed by atoms with van der Waals surface area (Å²) in [6.07, 6.45) is 3.95. The van der Waals surface area contributed by atoms with Crippen molar-refractivity contribution in [2.45, 2.75) is 37.5 Å². The number of benzene rings is 2. The standard InChI is InChI=1S/C22H26N2O3S/c1-2-13-23(16-17-10-11-17)22(25)19-7-5-8-20(15-19)28(26,27)24-14-12-18-6-3-4-9-21(18)24/h3-9,15,17H,2,10-14,16H2,1H3. The maximum atomic E-state index is 13.3. The Balaban J connectivity index is 1.62. The number of fused-ring (bicyclic) bond motifs is 1. The van der Waals surface area contributed by atoms with E-state index in [0.717, 1.165) is 24.2 Å². The Bertz CT molecular complexity index is 983. The predicted molar refractivity (Wildman–Crippen MR) is 110 cm³/mol. The van der Waals surface area contributed by atoms with Crippen LogP contribution in [0.1, 0.15) is 42.1 Å². The third kappa shape index (κ3) is 3.65. The van der Waals surface area contributed by atoms with Gasteiger partial charge in [-0.25, -0.2) is 8.42 Å². The van der Waals surface area contributed by atoms with Gasteiger partial charge in [-0.05, 0) is 61.4 Å². The second-order valence-corrected chi connectivity index (χ2v) is 9.54. The largest absolute Gasteiger partial charge is 0.338 e. The fourth-order valence-corrected chi connectivity index (χ4v) is 5.36. The van der Waals surface area contributed by atoms with Crippen LogP contribution in [0.15, 0.2) is 53.4 Å². The van der Waals surface area contributed by atoms with Crippen LogP contribution in [0.25, 0.3) is 0 Å². The topological polar surface area (TPSA) is 57.7 Å². The lowest BCUT2D eigenvalue weighted by atomic mass is 10.2. The van der Waals surface area contributed by atoms with Crippen LogP contribution >= 0.6 is 0 Å². The van der Waals surface area contributed by atoms with Crippen molar-refractivity contribution in [2.24, 2.45) is 5.92 Å². The first kappa shape index (κ1) is 19.0. The zero-order valence-corrected chi connectivity index (χ0v) is 17.0. The Hall–Kier alpha value is -2.34. The van der Waals surface area contributed by atoms with Crippen molar-refractivity contribution in [2.75, 3.05) is 23.9 Å². The lowest BCUT2D eigenvalue weighted by Crippen LogP contribution is -2.34. The predicted octanol–water partition coefficient (Wildman–Crippen LogP) is 3.70. The van der Waals surface area contributed by atoms with Crippen molar-refractivity contribution in [1.82, 2.24) is 4.90 Å². The minimum absolute atomic E-state index is 0.0763. The molecule has 0 radical (unpaired) electrons. The minimum Gasteiger partial charge on any atom is -0.338 e. The van der Waals surface area contributed by atoms with Crippen molar-refractivity contribution in [3.05, 3.63) is 59.7 Å².